The summed E-state index contributed by atoms with van der Waals surface area (Å²) in [6.45, 7) is 4.31. The number of carbonyl (C=O) groups excluding carboxylic acids is 1. The summed E-state index contributed by atoms with van der Waals surface area (Å²) >= 11 is 0. The maximum Gasteiger partial charge on any atom is 0.224 e. The molecule has 2 aromatic carbocycles. The average Bonchev–Trinajstić information content (AvgIpc) is 2.82. The van der Waals surface area contributed by atoms with E-state index < -0.39 is 0 Å². The van der Waals surface area contributed by atoms with Crippen LogP contribution >= 0.6 is 0 Å². The summed E-state index contributed by atoms with van der Waals surface area (Å²) in [7, 11) is 0. The molecule has 4 rings (SSSR count). The van der Waals surface area contributed by atoms with Gasteiger partial charge >= 0.3 is 0 Å². The molecule has 1 aliphatic heterocycles. The number of nitrogens with one attached hydrogen (secondary N) is 2. The molecule has 1 aliphatic rings. The van der Waals surface area contributed by atoms with Crippen molar-refractivity contribution >= 4 is 11.6 Å². The van der Waals surface area contributed by atoms with Crippen molar-refractivity contribution in [3.8, 4) is 11.3 Å². The lowest BCUT2D eigenvalue weighted by atomic mass is 9.87. The Labute approximate surface area is 185 Å². The van der Waals surface area contributed by atoms with Gasteiger partial charge < -0.3 is 10.6 Å². The molecule has 160 valence electrons. The van der Waals surface area contributed by atoms with Gasteiger partial charge in [-0.3, -0.25) is 9.78 Å². The van der Waals surface area contributed by atoms with Crippen molar-refractivity contribution in [3.05, 3.63) is 83.6 Å². The number of carbonyl (C=O) groups is 1. The smallest absolute Gasteiger partial charge is 0.224 e. The molecule has 0 atom stereocenters. The lowest BCUT2D eigenvalue weighted by molar-refractivity contribution is -0.116. The zero-order valence-electron chi connectivity index (χ0n) is 18.2. The lowest BCUT2D eigenvalue weighted by Crippen LogP contribution is -2.27. The molecule has 2 N–H and O–H groups in total. The van der Waals surface area contributed by atoms with E-state index in [0.717, 1.165) is 55.7 Å². The van der Waals surface area contributed by atoms with Crippen LogP contribution in [0.15, 0.2) is 66.9 Å². The Kier molecular flexibility index (Phi) is 7.11. The van der Waals surface area contributed by atoms with Crippen LogP contribution in [0.25, 0.3) is 11.3 Å². The van der Waals surface area contributed by atoms with E-state index in [-0.39, 0.29) is 5.91 Å². The van der Waals surface area contributed by atoms with Crippen LogP contribution < -0.4 is 10.6 Å². The second-order valence-electron chi connectivity index (χ2n) is 8.41. The van der Waals surface area contributed by atoms with Crippen LogP contribution in [0.2, 0.25) is 0 Å². The molecule has 1 aromatic heterocycles. The third-order valence-electron chi connectivity index (χ3n) is 6.13. The summed E-state index contributed by atoms with van der Waals surface area (Å²) in [6, 6.07) is 20.7. The zero-order valence-corrected chi connectivity index (χ0v) is 18.2. The van der Waals surface area contributed by atoms with Crippen molar-refractivity contribution in [1.82, 2.24) is 10.3 Å². The molecular formula is C27H31N3O. The fourth-order valence-electron chi connectivity index (χ4n) is 4.34. The minimum Gasteiger partial charge on any atom is -0.326 e. The monoisotopic (exact) mass is 413 g/mol. The Morgan fingerprint density at radius 3 is 2.61 bits per heavy atom. The molecule has 1 fully saturated rings. The topological polar surface area (TPSA) is 54.0 Å². The van der Waals surface area contributed by atoms with Crippen molar-refractivity contribution in [2.75, 3.05) is 18.4 Å². The quantitative estimate of drug-likeness (QED) is 0.539. The molecule has 31 heavy (non-hydrogen) atoms. The van der Waals surface area contributed by atoms with Crippen molar-refractivity contribution in [2.45, 2.75) is 44.9 Å². The molecule has 1 saturated heterocycles. The first-order valence-corrected chi connectivity index (χ1v) is 11.3. The van der Waals surface area contributed by atoms with Crippen LogP contribution in [0.4, 0.5) is 5.69 Å². The Hall–Kier alpha value is -2.98. The van der Waals surface area contributed by atoms with E-state index in [0.29, 0.717) is 12.3 Å². The lowest BCUT2D eigenvalue weighted by Gasteiger charge is -2.25. The highest BCUT2D eigenvalue weighted by molar-refractivity contribution is 5.90. The van der Waals surface area contributed by atoms with Gasteiger partial charge in [0.1, 0.15) is 0 Å². The van der Waals surface area contributed by atoms with Gasteiger partial charge in [0, 0.05) is 23.9 Å². The molecule has 2 heterocycles. The summed E-state index contributed by atoms with van der Waals surface area (Å²) in [5.74, 6) is 0.678. The predicted molar refractivity (Wildman–Crippen MR) is 127 cm³/mol. The Bertz CT molecular complexity index is 993. The summed E-state index contributed by atoms with van der Waals surface area (Å²) in [6.07, 6.45) is 6.39. The molecule has 0 saturated carbocycles. The Balaban J connectivity index is 1.28. The maximum atomic E-state index is 12.5. The number of anilines is 1. The molecule has 0 radical (unpaired) electrons. The Morgan fingerprint density at radius 1 is 1.06 bits per heavy atom. The number of aryl methyl sites for hydroxylation is 2. The van der Waals surface area contributed by atoms with Crippen molar-refractivity contribution < 1.29 is 4.79 Å². The number of piperidine rings is 1. The van der Waals surface area contributed by atoms with Crippen LogP contribution in [-0.4, -0.2) is 24.0 Å². The standard InChI is InChI=1S/C27H31N3O/c1-20-8-13-24(19-25(20)22-14-17-28-18-15-22)30-27(31)7-4-5-21-9-11-23(12-10-21)26-6-2-3-16-29-26/h2-3,6,8-13,16,19,22,28H,4-5,7,14-15,17-18H2,1H3,(H,30,31). The van der Waals surface area contributed by atoms with Crippen LogP contribution in [0.3, 0.4) is 0 Å². The molecule has 3 aromatic rings. The zero-order chi connectivity index (χ0) is 21.5. The first kappa shape index (κ1) is 21.3. The van der Waals surface area contributed by atoms with Gasteiger partial charge in [-0.05, 0) is 92.6 Å². The van der Waals surface area contributed by atoms with Gasteiger partial charge in [-0.25, -0.2) is 0 Å². The number of aromatic nitrogens is 1. The predicted octanol–water partition coefficient (Wildman–Crippen LogP) is 5.49. The fourth-order valence-corrected chi connectivity index (χ4v) is 4.34. The second kappa shape index (κ2) is 10.4. The van der Waals surface area contributed by atoms with Crippen molar-refractivity contribution in [2.24, 2.45) is 0 Å². The first-order valence-electron chi connectivity index (χ1n) is 11.3. The molecule has 0 bridgehead atoms. The fraction of sp³-hybridized carbons (Fsp3) is 0.333. The average molecular weight is 414 g/mol. The van der Waals surface area contributed by atoms with Crippen LogP contribution in [0.5, 0.6) is 0 Å². The van der Waals surface area contributed by atoms with E-state index in [1.54, 1.807) is 0 Å². The highest BCUT2D eigenvalue weighted by atomic mass is 16.1. The van der Waals surface area contributed by atoms with Gasteiger partial charge in [-0.15, -0.1) is 0 Å². The number of nitrogens with zero attached hydrogens (tertiary/aromatic N) is 1. The molecule has 4 heteroatoms. The van der Waals surface area contributed by atoms with Crippen molar-refractivity contribution in [1.29, 1.82) is 0 Å². The van der Waals surface area contributed by atoms with Crippen LogP contribution in [0.1, 0.15) is 48.3 Å². The van der Waals surface area contributed by atoms with E-state index in [2.05, 4.69) is 58.9 Å². The van der Waals surface area contributed by atoms with Crippen LogP contribution in [-0.2, 0) is 11.2 Å². The minimum atomic E-state index is 0.0882. The number of benzene rings is 2. The number of amides is 1. The van der Waals surface area contributed by atoms with Gasteiger partial charge in [-0.1, -0.05) is 36.4 Å². The molecule has 4 nitrogen and oxygen atoms in total. The summed E-state index contributed by atoms with van der Waals surface area (Å²) < 4.78 is 0. The summed E-state index contributed by atoms with van der Waals surface area (Å²) in [4.78, 5) is 16.9. The van der Waals surface area contributed by atoms with Crippen LogP contribution in [0, 0.1) is 6.92 Å². The van der Waals surface area contributed by atoms with Gasteiger partial charge in [-0.2, -0.15) is 0 Å². The van der Waals surface area contributed by atoms with Crippen molar-refractivity contribution in [3.63, 3.8) is 0 Å². The number of rotatable bonds is 7. The molecule has 0 unspecified atom stereocenters. The molecule has 1 amide bonds. The maximum absolute atomic E-state index is 12.5. The summed E-state index contributed by atoms with van der Waals surface area (Å²) in [5, 5.41) is 6.53. The SMILES string of the molecule is Cc1ccc(NC(=O)CCCc2ccc(-c3ccccn3)cc2)cc1C1CCNCC1. The third kappa shape index (κ3) is 5.80. The number of hydrogen-bond donors (Lipinski definition) is 2. The molecule has 0 spiro atoms. The normalized spacial score (nSPS) is 14.4. The molecular weight excluding hydrogens is 382 g/mol. The number of pyridine rings is 1. The van der Waals surface area contributed by atoms with Gasteiger partial charge in [0.25, 0.3) is 0 Å². The second-order valence-corrected chi connectivity index (χ2v) is 8.41. The molecule has 0 aliphatic carbocycles. The van der Waals surface area contributed by atoms with E-state index >= 15 is 0 Å². The minimum absolute atomic E-state index is 0.0882. The van der Waals surface area contributed by atoms with E-state index in [1.807, 2.05) is 30.5 Å². The third-order valence-corrected chi connectivity index (χ3v) is 6.13. The Morgan fingerprint density at radius 2 is 1.87 bits per heavy atom. The van der Waals surface area contributed by atoms with E-state index in [1.165, 1.54) is 16.7 Å². The van der Waals surface area contributed by atoms with Gasteiger partial charge in [0.15, 0.2) is 0 Å². The highest BCUT2D eigenvalue weighted by Gasteiger charge is 2.17. The van der Waals surface area contributed by atoms with Gasteiger partial charge in [0.05, 0.1) is 5.69 Å². The van der Waals surface area contributed by atoms with E-state index in [9.17, 15) is 4.79 Å². The highest BCUT2D eigenvalue weighted by Crippen LogP contribution is 2.30. The summed E-state index contributed by atoms with van der Waals surface area (Å²) in [5.41, 5.74) is 6.97. The van der Waals surface area contributed by atoms with E-state index in [4.69, 9.17) is 0 Å². The first-order chi connectivity index (χ1) is 15.2. The number of hydrogen-bond acceptors (Lipinski definition) is 3. The van der Waals surface area contributed by atoms with Gasteiger partial charge in [0.2, 0.25) is 5.91 Å². The largest absolute Gasteiger partial charge is 0.326 e.